The van der Waals surface area contributed by atoms with Gasteiger partial charge >= 0.3 is 6.03 Å². The lowest BCUT2D eigenvalue weighted by Crippen LogP contribution is -2.58. The number of urea groups is 1. The molecule has 0 spiro atoms. The van der Waals surface area contributed by atoms with Crippen molar-refractivity contribution in [1.29, 1.82) is 0 Å². The molecular weight excluding hydrogens is 418 g/mol. The highest BCUT2D eigenvalue weighted by Crippen LogP contribution is 2.52. The number of anilines is 2. The molecule has 0 radical (unpaired) electrons. The van der Waals surface area contributed by atoms with E-state index in [9.17, 15) is 4.79 Å². The van der Waals surface area contributed by atoms with Crippen LogP contribution in [0, 0.1) is 23.2 Å². The largest absolute Gasteiger partial charge is 0.372 e. The second-order valence-electron chi connectivity index (χ2n) is 11.6. The molecule has 0 aliphatic heterocycles. The lowest BCUT2D eigenvalue weighted by molar-refractivity contribution is -0.00471. The van der Waals surface area contributed by atoms with Crippen LogP contribution in [0.15, 0.2) is 24.3 Å². The summed E-state index contributed by atoms with van der Waals surface area (Å²) in [5, 5.41) is 6.79. The molecule has 0 heterocycles. The monoisotopic (exact) mass is 467 g/mol. The van der Waals surface area contributed by atoms with Gasteiger partial charge < -0.3 is 15.5 Å². The van der Waals surface area contributed by atoms with Crippen molar-refractivity contribution in [1.82, 2.24) is 5.32 Å². The summed E-state index contributed by atoms with van der Waals surface area (Å²) in [6.45, 7) is 8.88. The Labute approximate surface area is 208 Å². The molecule has 0 saturated heterocycles. The van der Waals surface area contributed by atoms with E-state index in [0.717, 1.165) is 30.6 Å². The molecular formula is C30H49N3O. The van der Waals surface area contributed by atoms with Crippen molar-refractivity contribution in [3.8, 4) is 0 Å². The third-order valence-electron chi connectivity index (χ3n) is 9.73. The van der Waals surface area contributed by atoms with Crippen LogP contribution in [-0.4, -0.2) is 25.2 Å². The quantitative estimate of drug-likeness (QED) is 0.427. The predicted octanol–water partition coefficient (Wildman–Crippen LogP) is 7.99. The Morgan fingerprint density at radius 1 is 0.882 bits per heavy atom. The summed E-state index contributed by atoms with van der Waals surface area (Å²) >= 11 is 0. The third-order valence-corrected chi connectivity index (χ3v) is 9.73. The van der Waals surface area contributed by atoms with Crippen molar-refractivity contribution in [2.24, 2.45) is 23.2 Å². The molecule has 0 aromatic heterocycles. The first-order chi connectivity index (χ1) is 16.5. The minimum absolute atomic E-state index is 0.00895. The molecule has 2 amide bonds. The second-order valence-corrected chi connectivity index (χ2v) is 11.6. The molecule has 3 atom stereocenters. The number of nitrogens with one attached hydrogen (secondary N) is 2. The van der Waals surface area contributed by atoms with Gasteiger partial charge in [0.15, 0.2) is 0 Å². The van der Waals surface area contributed by atoms with Crippen LogP contribution in [0.5, 0.6) is 0 Å². The van der Waals surface area contributed by atoms with Crippen LogP contribution in [0.1, 0.15) is 104 Å². The first kappa shape index (κ1) is 25.4. The summed E-state index contributed by atoms with van der Waals surface area (Å²) in [6.07, 6.45) is 17.6. The Balaban J connectivity index is 1.49. The number of rotatable bonds is 7. The van der Waals surface area contributed by atoms with Gasteiger partial charge in [-0.15, -0.1) is 0 Å². The van der Waals surface area contributed by atoms with Gasteiger partial charge in [-0.1, -0.05) is 64.7 Å². The van der Waals surface area contributed by atoms with E-state index in [1.54, 1.807) is 0 Å². The SMILES string of the molecule is CCN(CC)c1ccc(NC(=O)N[C@H]2[C@@H](C3CCCCC3)CCCC2(C)C2CCCCC2)cc1. The zero-order chi connectivity index (χ0) is 24.0. The van der Waals surface area contributed by atoms with Crippen LogP contribution < -0.4 is 15.5 Å². The average molecular weight is 468 g/mol. The van der Waals surface area contributed by atoms with Gasteiger partial charge in [0.1, 0.15) is 0 Å². The third kappa shape index (κ3) is 5.74. The van der Waals surface area contributed by atoms with Crippen LogP contribution in [-0.2, 0) is 0 Å². The molecule has 1 aromatic carbocycles. The highest BCUT2D eigenvalue weighted by atomic mass is 16.2. The number of nitrogens with zero attached hydrogens (tertiary/aromatic N) is 1. The molecule has 0 bridgehead atoms. The van der Waals surface area contributed by atoms with Crippen molar-refractivity contribution in [3.05, 3.63) is 24.3 Å². The Bertz CT molecular complexity index is 762. The number of carbonyl (C=O) groups excluding carboxylic acids is 1. The molecule has 1 unspecified atom stereocenters. The van der Waals surface area contributed by atoms with E-state index < -0.39 is 0 Å². The Kier molecular flexibility index (Phi) is 8.82. The number of hydrogen-bond acceptors (Lipinski definition) is 2. The van der Waals surface area contributed by atoms with Gasteiger partial charge in [-0.25, -0.2) is 4.79 Å². The van der Waals surface area contributed by atoms with E-state index in [1.807, 2.05) is 12.1 Å². The summed E-state index contributed by atoms with van der Waals surface area (Å²) in [5.41, 5.74) is 2.33. The number of hydrogen-bond donors (Lipinski definition) is 2. The minimum Gasteiger partial charge on any atom is -0.372 e. The Morgan fingerprint density at radius 2 is 1.50 bits per heavy atom. The number of benzene rings is 1. The van der Waals surface area contributed by atoms with E-state index in [2.05, 4.69) is 48.4 Å². The molecule has 3 aliphatic rings. The molecule has 34 heavy (non-hydrogen) atoms. The van der Waals surface area contributed by atoms with Gasteiger partial charge in [-0.2, -0.15) is 0 Å². The zero-order valence-electron chi connectivity index (χ0n) is 22.1. The summed E-state index contributed by atoms with van der Waals surface area (Å²) in [4.78, 5) is 15.7. The van der Waals surface area contributed by atoms with Crippen molar-refractivity contribution in [3.63, 3.8) is 0 Å². The van der Waals surface area contributed by atoms with Crippen LogP contribution >= 0.6 is 0 Å². The molecule has 1 aromatic rings. The topological polar surface area (TPSA) is 44.4 Å². The lowest BCUT2D eigenvalue weighted by Gasteiger charge is -2.54. The van der Waals surface area contributed by atoms with E-state index in [-0.39, 0.29) is 11.4 Å². The molecule has 4 nitrogen and oxygen atoms in total. The molecule has 2 N–H and O–H groups in total. The summed E-state index contributed by atoms with van der Waals surface area (Å²) in [5.74, 6) is 2.18. The normalized spacial score (nSPS) is 28.9. The number of amides is 2. The molecule has 4 rings (SSSR count). The first-order valence-corrected chi connectivity index (χ1v) is 14.5. The molecule has 3 saturated carbocycles. The van der Waals surface area contributed by atoms with Crippen LogP contribution in [0.25, 0.3) is 0 Å². The van der Waals surface area contributed by atoms with Gasteiger partial charge in [-0.3, -0.25) is 0 Å². The minimum atomic E-state index is -0.00895. The van der Waals surface area contributed by atoms with Crippen molar-refractivity contribution >= 4 is 17.4 Å². The average Bonchev–Trinajstić information content (AvgIpc) is 2.88. The highest BCUT2D eigenvalue weighted by Gasteiger charge is 2.49. The maximum absolute atomic E-state index is 13.4. The number of carbonyl (C=O) groups is 1. The van der Waals surface area contributed by atoms with Gasteiger partial charge in [0.05, 0.1) is 0 Å². The van der Waals surface area contributed by atoms with Gasteiger partial charge in [0, 0.05) is 30.5 Å². The van der Waals surface area contributed by atoms with Crippen LogP contribution in [0.2, 0.25) is 0 Å². The van der Waals surface area contributed by atoms with Gasteiger partial charge in [-0.05, 0) is 87.0 Å². The van der Waals surface area contributed by atoms with Crippen molar-refractivity contribution < 1.29 is 4.79 Å². The molecule has 4 heteroatoms. The van der Waals surface area contributed by atoms with E-state index in [0.29, 0.717) is 12.0 Å². The lowest BCUT2D eigenvalue weighted by atomic mass is 9.55. The predicted molar refractivity (Wildman–Crippen MR) is 145 cm³/mol. The van der Waals surface area contributed by atoms with E-state index in [4.69, 9.17) is 0 Å². The molecule has 3 aliphatic carbocycles. The fourth-order valence-electron chi connectivity index (χ4n) is 7.74. The van der Waals surface area contributed by atoms with Crippen molar-refractivity contribution in [2.45, 2.75) is 110 Å². The standard InChI is InChI=1S/C30H49N3O/c1-4-33(5-2)26-20-18-25(19-21-26)31-29(34)32-28-27(23-13-8-6-9-14-23)17-12-22-30(28,3)24-15-10-7-11-16-24/h18-21,23-24,27-28H,4-17,22H2,1-3H3,(H2,31,32,34)/t27-,28+,30?/m1/s1. The van der Waals surface area contributed by atoms with Gasteiger partial charge in [0.25, 0.3) is 0 Å². The second kappa shape index (κ2) is 11.8. The fraction of sp³-hybridized carbons (Fsp3) is 0.767. The van der Waals surface area contributed by atoms with Gasteiger partial charge in [0.2, 0.25) is 0 Å². The Hall–Kier alpha value is -1.71. The van der Waals surface area contributed by atoms with E-state index >= 15 is 0 Å². The maximum atomic E-state index is 13.4. The highest BCUT2D eigenvalue weighted by molar-refractivity contribution is 5.89. The fourth-order valence-corrected chi connectivity index (χ4v) is 7.74. The Morgan fingerprint density at radius 3 is 2.12 bits per heavy atom. The maximum Gasteiger partial charge on any atom is 0.319 e. The first-order valence-electron chi connectivity index (χ1n) is 14.5. The summed E-state index contributed by atoms with van der Waals surface area (Å²) in [7, 11) is 0. The van der Waals surface area contributed by atoms with Crippen molar-refractivity contribution in [2.75, 3.05) is 23.3 Å². The van der Waals surface area contributed by atoms with Crippen LogP contribution in [0.4, 0.5) is 16.2 Å². The molecule has 3 fully saturated rings. The van der Waals surface area contributed by atoms with Crippen LogP contribution in [0.3, 0.4) is 0 Å². The summed E-state index contributed by atoms with van der Waals surface area (Å²) < 4.78 is 0. The summed E-state index contributed by atoms with van der Waals surface area (Å²) in [6, 6.07) is 8.63. The molecule has 190 valence electrons. The van der Waals surface area contributed by atoms with E-state index in [1.165, 1.54) is 89.2 Å². The zero-order valence-corrected chi connectivity index (χ0v) is 22.1. The smallest absolute Gasteiger partial charge is 0.319 e.